The summed E-state index contributed by atoms with van der Waals surface area (Å²) in [4.78, 5) is 0. The van der Waals surface area contributed by atoms with E-state index in [1.807, 2.05) is 24.3 Å². The van der Waals surface area contributed by atoms with E-state index >= 15 is 0 Å². The topological polar surface area (TPSA) is 63.2 Å². The van der Waals surface area contributed by atoms with Crippen molar-refractivity contribution >= 4 is 26.3 Å². The molecule has 0 fully saturated rings. The molecular formula is C31H41O6PSi. The fourth-order valence-corrected chi connectivity index (χ4v) is 10.5. The van der Waals surface area contributed by atoms with E-state index < -0.39 is 15.9 Å². The Morgan fingerprint density at radius 3 is 1.64 bits per heavy atom. The monoisotopic (exact) mass is 568 g/mol. The van der Waals surface area contributed by atoms with E-state index in [4.69, 9.17) is 22.9 Å². The van der Waals surface area contributed by atoms with Crippen LogP contribution in [0.3, 0.4) is 0 Å². The lowest BCUT2D eigenvalue weighted by Crippen LogP contribution is -2.68. The Balaban J connectivity index is 2.12. The van der Waals surface area contributed by atoms with E-state index in [0.29, 0.717) is 36.9 Å². The summed E-state index contributed by atoms with van der Waals surface area (Å²) >= 11 is 0. The summed E-state index contributed by atoms with van der Waals surface area (Å²) in [5.74, 6) is 3.23. The van der Waals surface area contributed by atoms with Crippen molar-refractivity contribution in [1.82, 2.24) is 0 Å². The number of hydrogen-bond acceptors (Lipinski definition) is 6. The molecule has 8 heteroatoms. The first-order chi connectivity index (χ1) is 18.6. The van der Waals surface area contributed by atoms with Gasteiger partial charge in [0.15, 0.2) is 17.2 Å². The minimum Gasteiger partial charge on any atom is -0.529 e. The van der Waals surface area contributed by atoms with Gasteiger partial charge in [0.05, 0.1) is 27.4 Å². The molecule has 3 rings (SSSR count). The van der Waals surface area contributed by atoms with Crippen LogP contribution < -0.4 is 24.3 Å². The summed E-state index contributed by atoms with van der Waals surface area (Å²) in [6.07, 6.45) is 2.28. The second-order valence-electron chi connectivity index (χ2n) is 10.1. The second kappa shape index (κ2) is 13.5. The van der Waals surface area contributed by atoms with Crippen LogP contribution in [0.4, 0.5) is 0 Å². The van der Waals surface area contributed by atoms with Crippen LogP contribution in [0.5, 0.6) is 17.2 Å². The highest BCUT2D eigenvalue weighted by atomic mass is 31.2. The molecule has 0 saturated heterocycles. The Kier molecular flexibility index (Phi) is 10.6. The lowest BCUT2D eigenvalue weighted by Gasteiger charge is -2.43. The zero-order chi connectivity index (χ0) is 28.5. The molecule has 0 unspecified atom stereocenters. The second-order valence-corrected chi connectivity index (χ2v) is 16.2. The molecule has 210 valence electrons. The van der Waals surface area contributed by atoms with E-state index in [1.54, 1.807) is 34.1 Å². The third kappa shape index (κ3) is 7.03. The van der Waals surface area contributed by atoms with Gasteiger partial charge in [0, 0.05) is 5.82 Å². The zero-order valence-electron chi connectivity index (χ0n) is 24.1. The van der Waals surface area contributed by atoms with Crippen LogP contribution in [-0.2, 0) is 20.0 Å². The van der Waals surface area contributed by atoms with Crippen LogP contribution >= 0.6 is 7.60 Å². The minimum atomic E-state index is -3.28. The van der Waals surface area contributed by atoms with Crippen LogP contribution in [0.25, 0.3) is 0 Å². The molecule has 0 aromatic heterocycles. The molecule has 0 amide bonds. The van der Waals surface area contributed by atoms with Crippen molar-refractivity contribution < 1.29 is 27.5 Å². The molecule has 0 saturated carbocycles. The Bertz CT molecular complexity index is 1200. The molecule has 0 bridgehead atoms. The van der Waals surface area contributed by atoms with Crippen LogP contribution in [-0.4, -0.2) is 35.8 Å². The highest BCUT2D eigenvalue weighted by molar-refractivity contribution is 7.57. The van der Waals surface area contributed by atoms with Crippen LogP contribution in [0, 0.1) is 0 Å². The summed E-state index contributed by atoms with van der Waals surface area (Å²) in [6, 6.07) is 24.8. The molecule has 0 spiro atoms. The van der Waals surface area contributed by atoms with Crippen molar-refractivity contribution in [3.05, 3.63) is 90.3 Å². The third-order valence-corrected chi connectivity index (χ3v) is 13.2. The molecule has 0 N–H and O–H groups in total. The average Bonchev–Trinajstić information content (AvgIpc) is 2.92. The molecule has 0 aliphatic rings. The van der Waals surface area contributed by atoms with Gasteiger partial charge >= 0.3 is 15.9 Å². The van der Waals surface area contributed by atoms with Crippen LogP contribution in [0.2, 0.25) is 5.04 Å². The molecule has 0 radical (unpaired) electrons. The van der Waals surface area contributed by atoms with Gasteiger partial charge < -0.3 is 22.9 Å². The first kappa shape index (κ1) is 30.7. The average molecular weight is 569 g/mol. The Morgan fingerprint density at radius 1 is 0.795 bits per heavy atom. The quantitative estimate of drug-likeness (QED) is 0.164. The number of ether oxygens (including phenoxy) is 2. The predicted octanol–water partition coefficient (Wildman–Crippen LogP) is 6.96. The summed E-state index contributed by atoms with van der Waals surface area (Å²) in [5.41, 5.74) is 0.911. The van der Waals surface area contributed by atoms with Crippen molar-refractivity contribution in [2.24, 2.45) is 0 Å². The number of rotatable bonds is 13. The molecule has 0 heterocycles. The van der Waals surface area contributed by atoms with Crippen LogP contribution in [0.1, 0.15) is 40.2 Å². The fourth-order valence-electron chi connectivity index (χ4n) is 4.76. The summed E-state index contributed by atoms with van der Waals surface area (Å²) in [5, 5.41) is 2.08. The molecule has 0 aliphatic carbocycles. The lowest BCUT2D eigenvalue weighted by molar-refractivity contribution is 0.229. The standard InChI is InChI=1S/C31H41O6PSi/c1-8-35-38(32,36-9-2)22-16-17-25-23-28(33-6)30(29(24-25)34-7)37-39(31(3,4)5,26-18-12-10-13-19-26)27-20-14-11-15-21-27/h10-16,18-24H,8-9,17H2,1-7H3/b22-16+. The predicted molar refractivity (Wildman–Crippen MR) is 161 cm³/mol. The van der Waals surface area contributed by atoms with E-state index in [9.17, 15) is 4.57 Å². The first-order valence-corrected chi connectivity index (χ1v) is 16.8. The molecule has 3 aromatic carbocycles. The SMILES string of the molecule is CCOP(=O)(/C=C/Cc1cc(OC)c(O[Si](c2ccccc2)(c2ccccc2)C(C)(C)C)c(OC)c1)OCC. The van der Waals surface area contributed by atoms with Crippen molar-refractivity contribution in [3.8, 4) is 17.2 Å². The molecule has 0 atom stereocenters. The number of hydrogen-bond donors (Lipinski definition) is 0. The number of benzene rings is 3. The van der Waals surface area contributed by atoms with E-state index in [-0.39, 0.29) is 5.04 Å². The van der Waals surface area contributed by atoms with Gasteiger partial charge in [-0.3, -0.25) is 4.57 Å². The largest absolute Gasteiger partial charge is 0.529 e. The van der Waals surface area contributed by atoms with E-state index in [2.05, 4.69) is 69.3 Å². The van der Waals surface area contributed by atoms with Crippen LogP contribution in [0.15, 0.2) is 84.7 Å². The molecule has 6 nitrogen and oxygen atoms in total. The van der Waals surface area contributed by atoms with Gasteiger partial charge in [0.1, 0.15) is 0 Å². The zero-order valence-corrected chi connectivity index (χ0v) is 26.0. The maximum Gasteiger partial charge on any atom is 0.353 e. The summed E-state index contributed by atoms with van der Waals surface area (Å²) < 4.78 is 42.6. The minimum absolute atomic E-state index is 0.229. The van der Waals surface area contributed by atoms with Crippen molar-refractivity contribution in [3.63, 3.8) is 0 Å². The first-order valence-electron chi connectivity index (χ1n) is 13.3. The van der Waals surface area contributed by atoms with Gasteiger partial charge in [-0.2, -0.15) is 0 Å². The normalized spacial score (nSPS) is 12.5. The number of allylic oxidation sites excluding steroid dienone is 1. The molecular weight excluding hydrogens is 527 g/mol. The highest BCUT2D eigenvalue weighted by Gasteiger charge is 2.52. The van der Waals surface area contributed by atoms with Crippen molar-refractivity contribution in [2.75, 3.05) is 27.4 Å². The van der Waals surface area contributed by atoms with E-state index in [0.717, 1.165) is 15.9 Å². The Labute approximate surface area is 234 Å². The smallest absolute Gasteiger partial charge is 0.353 e. The Hall–Kier alpha value is -2.83. The summed E-state index contributed by atoms with van der Waals surface area (Å²) in [6.45, 7) is 10.9. The van der Waals surface area contributed by atoms with Crippen molar-refractivity contribution in [1.29, 1.82) is 0 Å². The van der Waals surface area contributed by atoms with Crippen molar-refractivity contribution in [2.45, 2.75) is 46.1 Å². The van der Waals surface area contributed by atoms with E-state index in [1.165, 1.54) is 5.82 Å². The Morgan fingerprint density at radius 2 is 1.26 bits per heavy atom. The van der Waals surface area contributed by atoms with Gasteiger partial charge in [-0.05, 0) is 53.4 Å². The van der Waals surface area contributed by atoms with Gasteiger partial charge in [-0.1, -0.05) is 87.5 Å². The highest BCUT2D eigenvalue weighted by Crippen LogP contribution is 2.50. The lowest BCUT2D eigenvalue weighted by atomic mass is 10.1. The third-order valence-electron chi connectivity index (χ3n) is 6.45. The maximum atomic E-state index is 12.8. The maximum absolute atomic E-state index is 12.8. The van der Waals surface area contributed by atoms with Gasteiger partial charge in [-0.15, -0.1) is 0 Å². The summed E-state index contributed by atoms with van der Waals surface area (Å²) in [7, 11) is -2.94. The van der Waals surface area contributed by atoms with Gasteiger partial charge in [0.2, 0.25) is 0 Å². The fraction of sp³-hybridized carbons (Fsp3) is 0.355. The molecule has 0 aliphatic heterocycles. The molecule has 39 heavy (non-hydrogen) atoms. The molecule has 3 aromatic rings. The van der Waals surface area contributed by atoms with Gasteiger partial charge in [0.25, 0.3) is 0 Å². The van der Waals surface area contributed by atoms with Gasteiger partial charge in [-0.25, -0.2) is 0 Å². The number of methoxy groups -OCH3 is 2.